The Morgan fingerprint density at radius 2 is 2.31 bits per heavy atom. The van der Waals surface area contributed by atoms with Gasteiger partial charge in [0.1, 0.15) is 11.5 Å². The first-order valence-electron chi connectivity index (χ1n) is 5.42. The highest BCUT2D eigenvalue weighted by molar-refractivity contribution is 5.10. The second kappa shape index (κ2) is 4.53. The molecule has 1 unspecified atom stereocenters. The molecule has 0 aliphatic heterocycles. The molecule has 0 aliphatic carbocycles. The first-order valence-corrected chi connectivity index (χ1v) is 5.42. The zero-order chi connectivity index (χ0) is 11.5. The summed E-state index contributed by atoms with van der Waals surface area (Å²) in [6.45, 7) is 4.85. The molecule has 0 saturated carbocycles. The molecule has 1 N–H and O–H groups in total. The molecule has 86 valence electrons. The molecule has 0 spiro atoms. The van der Waals surface area contributed by atoms with Crippen molar-refractivity contribution in [3.05, 3.63) is 41.6 Å². The van der Waals surface area contributed by atoms with E-state index in [0.717, 1.165) is 18.1 Å². The lowest BCUT2D eigenvalue weighted by Gasteiger charge is -2.09. The fraction of sp³-hybridized carbons (Fsp3) is 0.417. The van der Waals surface area contributed by atoms with Crippen molar-refractivity contribution >= 4 is 0 Å². The van der Waals surface area contributed by atoms with Crippen LogP contribution in [-0.4, -0.2) is 9.78 Å². The van der Waals surface area contributed by atoms with Gasteiger partial charge in [0.15, 0.2) is 0 Å². The van der Waals surface area contributed by atoms with Crippen molar-refractivity contribution in [2.45, 2.75) is 26.4 Å². The molecule has 0 amide bonds. The minimum Gasteiger partial charge on any atom is -0.465 e. The maximum atomic E-state index is 5.56. The van der Waals surface area contributed by atoms with E-state index >= 15 is 0 Å². The number of rotatable bonds is 4. The molecular formula is C12H17N3O. The molecule has 2 aromatic heterocycles. The molecule has 0 fully saturated rings. The lowest BCUT2D eigenvalue weighted by atomic mass is 10.2. The summed E-state index contributed by atoms with van der Waals surface area (Å²) in [5.41, 5.74) is 1.18. The van der Waals surface area contributed by atoms with Crippen LogP contribution in [0.15, 0.2) is 28.9 Å². The van der Waals surface area contributed by atoms with Gasteiger partial charge in [0, 0.05) is 25.4 Å². The van der Waals surface area contributed by atoms with Gasteiger partial charge in [0.2, 0.25) is 0 Å². The molecule has 4 heteroatoms. The van der Waals surface area contributed by atoms with Crippen molar-refractivity contribution in [3.63, 3.8) is 0 Å². The first kappa shape index (κ1) is 11.0. The van der Waals surface area contributed by atoms with Gasteiger partial charge in [-0.25, -0.2) is 0 Å². The Morgan fingerprint density at radius 1 is 1.50 bits per heavy atom. The summed E-state index contributed by atoms with van der Waals surface area (Å²) in [5, 5.41) is 7.52. The molecule has 2 aromatic rings. The van der Waals surface area contributed by atoms with Crippen LogP contribution in [0.25, 0.3) is 0 Å². The summed E-state index contributed by atoms with van der Waals surface area (Å²) in [7, 11) is 1.92. The van der Waals surface area contributed by atoms with Gasteiger partial charge < -0.3 is 9.73 Å². The zero-order valence-corrected chi connectivity index (χ0v) is 9.90. The summed E-state index contributed by atoms with van der Waals surface area (Å²) >= 11 is 0. The molecule has 0 radical (unpaired) electrons. The molecular weight excluding hydrogens is 202 g/mol. The standard InChI is InChI=1S/C12H17N3O/c1-9-4-5-12(16-9)10(2)13-6-11-7-14-15(3)8-11/h4-5,7-8,10,13H,6H2,1-3H3. The minimum atomic E-state index is 0.217. The minimum absolute atomic E-state index is 0.217. The van der Waals surface area contributed by atoms with E-state index in [-0.39, 0.29) is 6.04 Å². The lowest BCUT2D eigenvalue weighted by Crippen LogP contribution is -2.17. The van der Waals surface area contributed by atoms with Crippen LogP contribution in [0.4, 0.5) is 0 Å². The van der Waals surface area contributed by atoms with E-state index in [1.54, 1.807) is 4.68 Å². The fourth-order valence-electron chi connectivity index (χ4n) is 1.62. The smallest absolute Gasteiger partial charge is 0.120 e. The summed E-state index contributed by atoms with van der Waals surface area (Å²) in [5.74, 6) is 1.92. The van der Waals surface area contributed by atoms with Crippen molar-refractivity contribution < 1.29 is 4.42 Å². The average molecular weight is 219 g/mol. The Hall–Kier alpha value is -1.55. The zero-order valence-electron chi connectivity index (χ0n) is 9.90. The normalized spacial score (nSPS) is 12.9. The third kappa shape index (κ3) is 2.52. The van der Waals surface area contributed by atoms with E-state index in [4.69, 9.17) is 4.42 Å². The van der Waals surface area contributed by atoms with Crippen LogP contribution in [0.3, 0.4) is 0 Å². The van der Waals surface area contributed by atoms with Gasteiger partial charge >= 0.3 is 0 Å². The quantitative estimate of drug-likeness (QED) is 0.857. The van der Waals surface area contributed by atoms with Crippen LogP contribution >= 0.6 is 0 Å². The van der Waals surface area contributed by atoms with Crippen molar-refractivity contribution in [3.8, 4) is 0 Å². The number of aryl methyl sites for hydroxylation is 2. The van der Waals surface area contributed by atoms with Gasteiger partial charge in [-0.15, -0.1) is 0 Å². The van der Waals surface area contributed by atoms with Gasteiger partial charge in [-0.3, -0.25) is 4.68 Å². The summed E-state index contributed by atoms with van der Waals surface area (Å²) in [6.07, 6.45) is 3.88. The Balaban J connectivity index is 1.91. The van der Waals surface area contributed by atoms with Crippen LogP contribution in [0.2, 0.25) is 0 Å². The van der Waals surface area contributed by atoms with Gasteiger partial charge in [-0.2, -0.15) is 5.10 Å². The third-order valence-electron chi connectivity index (χ3n) is 2.56. The van der Waals surface area contributed by atoms with E-state index in [2.05, 4.69) is 17.3 Å². The number of furan rings is 1. The monoisotopic (exact) mass is 219 g/mol. The Morgan fingerprint density at radius 3 is 2.88 bits per heavy atom. The SMILES string of the molecule is Cc1ccc(C(C)NCc2cnn(C)c2)o1. The molecule has 0 bridgehead atoms. The first-order chi connectivity index (χ1) is 7.65. The highest BCUT2D eigenvalue weighted by Crippen LogP contribution is 2.15. The van der Waals surface area contributed by atoms with Crippen LogP contribution < -0.4 is 5.32 Å². The Bertz CT molecular complexity index is 458. The topological polar surface area (TPSA) is 43.0 Å². The second-order valence-corrected chi connectivity index (χ2v) is 4.07. The van der Waals surface area contributed by atoms with Crippen molar-refractivity contribution in [2.24, 2.45) is 7.05 Å². The van der Waals surface area contributed by atoms with Gasteiger partial charge in [0.25, 0.3) is 0 Å². The maximum Gasteiger partial charge on any atom is 0.120 e. The third-order valence-corrected chi connectivity index (χ3v) is 2.56. The van der Waals surface area contributed by atoms with Crippen LogP contribution in [0, 0.1) is 6.92 Å². The van der Waals surface area contributed by atoms with E-state index in [1.165, 1.54) is 5.56 Å². The van der Waals surface area contributed by atoms with Gasteiger partial charge in [0.05, 0.1) is 12.2 Å². The van der Waals surface area contributed by atoms with Crippen LogP contribution in [-0.2, 0) is 13.6 Å². The summed E-state index contributed by atoms with van der Waals surface area (Å²) in [6, 6.07) is 4.21. The lowest BCUT2D eigenvalue weighted by molar-refractivity contribution is 0.416. The Labute approximate surface area is 95.3 Å². The number of hydrogen-bond acceptors (Lipinski definition) is 3. The van der Waals surface area contributed by atoms with Crippen LogP contribution in [0.5, 0.6) is 0 Å². The highest BCUT2D eigenvalue weighted by Gasteiger charge is 2.08. The molecule has 0 aliphatic rings. The Kier molecular flexibility index (Phi) is 3.10. The summed E-state index contributed by atoms with van der Waals surface area (Å²) in [4.78, 5) is 0. The van der Waals surface area contributed by atoms with Crippen molar-refractivity contribution in [2.75, 3.05) is 0 Å². The number of aromatic nitrogens is 2. The molecule has 2 rings (SSSR count). The van der Waals surface area contributed by atoms with Gasteiger partial charge in [-0.1, -0.05) is 0 Å². The van der Waals surface area contributed by atoms with Crippen molar-refractivity contribution in [1.82, 2.24) is 15.1 Å². The second-order valence-electron chi connectivity index (χ2n) is 4.07. The molecule has 0 saturated heterocycles. The van der Waals surface area contributed by atoms with E-state index in [1.807, 2.05) is 38.5 Å². The van der Waals surface area contributed by atoms with E-state index in [0.29, 0.717) is 0 Å². The molecule has 2 heterocycles. The van der Waals surface area contributed by atoms with Crippen molar-refractivity contribution in [1.29, 1.82) is 0 Å². The largest absolute Gasteiger partial charge is 0.465 e. The average Bonchev–Trinajstić information content (AvgIpc) is 2.84. The van der Waals surface area contributed by atoms with E-state index < -0.39 is 0 Å². The molecule has 0 aromatic carbocycles. The predicted octanol–water partition coefficient (Wildman–Crippen LogP) is 2.17. The number of nitrogens with one attached hydrogen (secondary N) is 1. The molecule has 4 nitrogen and oxygen atoms in total. The highest BCUT2D eigenvalue weighted by atomic mass is 16.3. The number of nitrogens with zero attached hydrogens (tertiary/aromatic N) is 2. The number of hydrogen-bond donors (Lipinski definition) is 1. The fourth-order valence-corrected chi connectivity index (χ4v) is 1.62. The van der Waals surface area contributed by atoms with Gasteiger partial charge in [-0.05, 0) is 26.0 Å². The molecule has 1 atom stereocenters. The summed E-state index contributed by atoms with van der Waals surface area (Å²) < 4.78 is 7.36. The van der Waals surface area contributed by atoms with E-state index in [9.17, 15) is 0 Å². The maximum absolute atomic E-state index is 5.56. The predicted molar refractivity (Wildman–Crippen MR) is 61.9 cm³/mol. The molecule has 16 heavy (non-hydrogen) atoms. The van der Waals surface area contributed by atoms with Crippen LogP contribution in [0.1, 0.15) is 30.0 Å².